The van der Waals surface area contributed by atoms with Crippen molar-refractivity contribution in [3.8, 4) is 5.75 Å². The van der Waals surface area contributed by atoms with Crippen molar-refractivity contribution in [2.24, 2.45) is 0 Å². The van der Waals surface area contributed by atoms with Crippen LogP contribution in [0.25, 0.3) is 0 Å². The van der Waals surface area contributed by atoms with E-state index in [0.717, 1.165) is 0 Å². The zero-order valence-electron chi connectivity index (χ0n) is 13.3. The number of carbonyl (C=O) groups is 1. The largest absolute Gasteiger partial charge is 0.479 e. The Bertz CT molecular complexity index is 764. The van der Waals surface area contributed by atoms with Gasteiger partial charge in [0.05, 0.1) is 21.2 Å². The molecular weight excluding hydrogens is 332 g/mol. The molecule has 0 aliphatic carbocycles. The van der Waals surface area contributed by atoms with Gasteiger partial charge in [0.2, 0.25) is 0 Å². The number of amides is 1. The topological polar surface area (TPSA) is 81.5 Å². The molecule has 0 unspecified atom stereocenters. The minimum atomic E-state index is -0.761. The Morgan fingerprint density at radius 3 is 2.62 bits per heavy atom. The highest BCUT2D eigenvalue weighted by Gasteiger charge is 2.22. The fraction of sp³-hybridized carbons (Fsp3) is 0.235. The van der Waals surface area contributed by atoms with E-state index < -0.39 is 11.0 Å². The van der Waals surface area contributed by atoms with Gasteiger partial charge in [-0.15, -0.1) is 0 Å². The fourth-order valence-electron chi connectivity index (χ4n) is 2.19. The van der Waals surface area contributed by atoms with Crippen LogP contribution in [-0.4, -0.2) is 16.9 Å². The zero-order valence-corrected chi connectivity index (χ0v) is 14.0. The van der Waals surface area contributed by atoms with Gasteiger partial charge in [-0.3, -0.25) is 14.9 Å². The molecule has 0 heterocycles. The predicted octanol–water partition coefficient (Wildman–Crippen LogP) is 4.35. The van der Waals surface area contributed by atoms with Gasteiger partial charge in [0.15, 0.2) is 6.10 Å². The third-order valence-electron chi connectivity index (χ3n) is 3.53. The Hall–Kier alpha value is -2.60. The van der Waals surface area contributed by atoms with E-state index in [2.05, 4.69) is 5.32 Å². The predicted molar refractivity (Wildman–Crippen MR) is 92.6 cm³/mol. The Labute approximate surface area is 144 Å². The van der Waals surface area contributed by atoms with Crippen molar-refractivity contribution in [2.45, 2.75) is 26.4 Å². The molecule has 126 valence electrons. The second kappa shape index (κ2) is 7.79. The summed E-state index contributed by atoms with van der Waals surface area (Å²) in [6.45, 7) is 3.39. The van der Waals surface area contributed by atoms with E-state index >= 15 is 0 Å². The molecule has 1 N–H and O–H groups in total. The van der Waals surface area contributed by atoms with Gasteiger partial charge in [0, 0.05) is 6.07 Å². The minimum Gasteiger partial charge on any atom is -0.479 e. The number of benzene rings is 2. The first-order chi connectivity index (χ1) is 11.4. The number of carbonyl (C=O) groups excluding carboxylic acids is 1. The number of anilines is 1. The van der Waals surface area contributed by atoms with Gasteiger partial charge < -0.3 is 10.1 Å². The lowest BCUT2D eigenvalue weighted by atomic mass is 10.1. The molecular formula is C17H17ClN2O4. The van der Waals surface area contributed by atoms with Gasteiger partial charge in [0.25, 0.3) is 11.6 Å². The van der Waals surface area contributed by atoms with E-state index in [0.29, 0.717) is 28.4 Å². The smallest absolute Gasteiger partial charge is 0.274 e. The Morgan fingerprint density at radius 1 is 1.29 bits per heavy atom. The molecule has 0 radical (unpaired) electrons. The van der Waals surface area contributed by atoms with Crippen molar-refractivity contribution in [3.63, 3.8) is 0 Å². The molecule has 0 saturated heterocycles. The molecule has 24 heavy (non-hydrogen) atoms. The number of rotatable bonds is 6. The highest BCUT2D eigenvalue weighted by atomic mass is 35.5. The lowest BCUT2D eigenvalue weighted by Crippen LogP contribution is -2.32. The maximum Gasteiger partial charge on any atom is 0.274 e. The number of nitrogens with one attached hydrogen (secondary N) is 1. The van der Waals surface area contributed by atoms with Gasteiger partial charge in [-0.1, -0.05) is 36.7 Å². The average molecular weight is 349 g/mol. The van der Waals surface area contributed by atoms with Crippen LogP contribution in [0.5, 0.6) is 5.75 Å². The quantitative estimate of drug-likeness (QED) is 0.621. The van der Waals surface area contributed by atoms with Crippen molar-refractivity contribution in [1.82, 2.24) is 0 Å². The molecule has 0 spiro atoms. The lowest BCUT2D eigenvalue weighted by molar-refractivity contribution is -0.385. The number of hydrogen-bond acceptors (Lipinski definition) is 4. The third kappa shape index (κ3) is 4.02. The van der Waals surface area contributed by atoms with Crippen LogP contribution >= 0.6 is 11.6 Å². The zero-order chi connectivity index (χ0) is 17.7. The van der Waals surface area contributed by atoms with E-state index in [4.69, 9.17) is 16.3 Å². The molecule has 2 rings (SSSR count). The maximum atomic E-state index is 12.4. The number of ether oxygens (including phenoxy) is 1. The van der Waals surface area contributed by atoms with E-state index in [1.54, 1.807) is 44.2 Å². The Morgan fingerprint density at radius 2 is 2.00 bits per heavy atom. The number of nitrogens with zero attached hydrogens (tertiary/aromatic N) is 1. The Kier molecular flexibility index (Phi) is 5.76. The average Bonchev–Trinajstić information content (AvgIpc) is 2.55. The van der Waals surface area contributed by atoms with E-state index in [9.17, 15) is 14.9 Å². The van der Waals surface area contributed by atoms with Crippen LogP contribution < -0.4 is 10.1 Å². The molecule has 0 saturated carbocycles. The number of nitro benzene ring substituents is 1. The molecule has 0 aliphatic rings. The fourth-order valence-corrected chi connectivity index (χ4v) is 2.37. The minimum absolute atomic E-state index is 0.0483. The number of para-hydroxylation sites is 1. The molecule has 1 atom stereocenters. The molecule has 0 fully saturated rings. The summed E-state index contributed by atoms with van der Waals surface area (Å²) in [5, 5.41) is 14.1. The van der Waals surface area contributed by atoms with Crippen molar-refractivity contribution in [2.75, 3.05) is 5.32 Å². The first-order valence-corrected chi connectivity index (χ1v) is 7.78. The van der Waals surface area contributed by atoms with Crippen LogP contribution in [0.1, 0.15) is 18.9 Å². The van der Waals surface area contributed by atoms with Crippen LogP contribution in [0.2, 0.25) is 5.02 Å². The van der Waals surface area contributed by atoms with E-state index in [-0.39, 0.29) is 11.6 Å². The highest BCUT2D eigenvalue weighted by molar-refractivity contribution is 6.32. The van der Waals surface area contributed by atoms with Crippen molar-refractivity contribution in [3.05, 3.63) is 63.2 Å². The third-order valence-corrected chi connectivity index (χ3v) is 3.84. The summed E-state index contributed by atoms with van der Waals surface area (Å²) in [6.07, 6.45) is -0.339. The summed E-state index contributed by atoms with van der Waals surface area (Å²) in [4.78, 5) is 22.9. The van der Waals surface area contributed by atoms with Gasteiger partial charge in [0.1, 0.15) is 5.75 Å². The van der Waals surface area contributed by atoms with Gasteiger partial charge in [-0.05, 0) is 31.5 Å². The highest BCUT2D eigenvalue weighted by Crippen LogP contribution is 2.27. The maximum absolute atomic E-state index is 12.4. The Balaban J connectivity index is 2.17. The second-order valence-electron chi connectivity index (χ2n) is 5.14. The normalized spacial score (nSPS) is 11.6. The van der Waals surface area contributed by atoms with Gasteiger partial charge in [-0.25, -0.2) is 0 Å². The number of halogens is 1. The first kappa shape index (κ1) is 17.7. The van der Waals surface area contributed by atoms with Crippen LogP contribution in [0.4, 0.5) is 11.4 Å². The van der Waals surface area contributed by atoms with Crippen LogP contribution in [0, 0.1) is 17.0 Å². The van der Waals surface area contributed by atoms with Crippen LogP contribution in [-0.2, 0) is 4.79 Å². The summed E-state index contributed by atoms with van der Waals surface area (Å²) in [5.74, 6) is 0.0259. The molecule has 0 aliphatic heterocycles. The van der Waals surface area contributed by atoms with E-state index in [1.807, 2.05) is 0 Å². The molecule has 2 aromatic rings. The summed E-state index contributed by atoms with van der Waals surface area (Å²) < 4.78 is 5.67. The lowest BCUT2D eigenvalue weighted by Gasteiger charge is -2.18. The van der Waals surface area contributed by atoms with Crippen molar-refractivity contribution < 1.29 is 14.5 Å². The summed E-state index contributed by atoms with van der Waals surface area (Å²) in [7, 11) is 0. The number of nitro groups is 1. The molecule has 0 bridgehead atoms. The second-order valence-corrected chi connectivity index (χ2v) is 5.55. The van der Waals surface area contributed by atoms with E-state index in [1.165, 1.54) is 12.1 Å². The molecule has 7 heteroatoms. The monoisotopic (exact) mass is 348 g/mol. The molecule has 0 aromatic heterocycles. The molecule has 6 nitrogen and oxygen atoms in total. The molecule has 2 aromatic carbocycles. The first-order valence-electron chi connectivity index (χ1n) is 7.40. The van der Waals surface area contributed by atoms with Crippen molar-refractivity contribution >= 4 is 28.9 Å². The van der Waals surface area contributed by atoms with Gasteiger partial charge >= 0.3 is 0 Å². The number of hydrogen-bond donors (Lipinski definition) is 1. The van der Waals surface area contributed by atoms with Crippen molar-refractivity contribution in [1.29, 1.82) is 0 Å². The van der Waals surface area contributed by atoms with Crippen LogP contribution in [0.3, 0.4) is 0 Å². The SMILES string of the molecule is CC[C@H](Oc1ccccc1Cl)C(=O)Nc1cccc([N+](=O)[O-])c1C. The summed E-state index contributed by atoms with van der Waals surface area (Å²) in [5.41, 5.74) is 0.728. The summed E-state index contributed by atoms with van der Waals surface area (Å²) >= 11 is 6.04. The standard InChI is InChI=1S/C17H17ClN2O4/c1-3-15(24-16-10-5-4-7-12(16)18)17(21)19-13-8-6-9-14(11(13)2)20(22)23/h4-10,15H,3H2,1-2H3,(H,19,21)/t15-/m0/s1. The van der Waals surface area contributed by atoms with Crippen LogP contribution in [0.15, 0.2) is 42.5 Å². The summed E-state index contributed by atoms with van der Waals surface area (Å²) in [6, 6.07) is 11.4. The van der Waals surface area contributed by atoms with Gasteiger partial charge in [-0.2, -0.15) is 0 Å². The molecule has 1 amide bonds.